The Balaban J connectivity index is 1.57. The van der Waals surface area contributed by atoms with Crippen molar-refractivity contribution in [1.29, 1.82) is 0 Å². The number of hydrogen-bond acceptors (Lipinski definition) is 2. The van der Waals surface area contributed by atoms with Crippen LogP contribution in [0.15, 0.2) is 54.6 Å². The second-order valence-corrected chi connectivity index (χ2v) is 6.22. The molecule has 0 saturated heterocycles. The normalized spacial score (nSPS) is 22.0. The molecule has 2 nitrogen and oxygen atoms in total. The van der Waals surface area contributed by atoms with Gasteiger partial charge in [-0.2, -0.15) is 0 Å². The summed E-state index contributed by atoms with van der Waals surface area (Å²) in [5.74, 6) is 7.17. The third kappa shape index (κ3) is 3.52. The molecular weight excluding hydrogens is 256 g/mol. The van der Waals surface area contributed by atoms with E-state index in [4.69, 9.17) is 5.84 Å². The quantitative estimate of drug-likeness (QED) is 0.627. The van der Waals surface area contributed by atoms with Crippen molar-refractivity contribution < 1.29 is 0 Å². The molecule has 1 saturated carbocycles. The smallest absolute Gasteiger partial charge is 0.0248 e. The van der Waals surface area contributed by atoms with Crippen molar-refractivity contribution in [2.45, 2.75) is 38.1 Å². The number of nitrogens with two attached hydrogens (primary N) is 1. The largest absolute Gasteiger partial charge is 0.271 e. The van der Waals surface area contributed by atoms with Gasteiger partial charge in [0.05, 0.1) is 0 Å². The van der Waals surface area contributed by atoms with Crippen molar-refractivity contribution in [3.05, 3.63) is 71.3 Å². The summed E-state index contributed by atoms with van der Waals surface area (Å²) in [5.41, 5.74) is 7.25. The van der Waals surface area contributed by atoms with Crippen molar-refractivity contribution in [1.82, 2.24) is 5.43 Å². The lowest BCUT2D eigenvalue weighted by Gasteiger charge is -2.16. The highest BCUT2D eigenvalue weighted by Gasteiger charge is 2.43. The fourth-order valence-corrected chi connectivity index (χ4v) is 3.35. The Kier molecular flexibility index (Phi) is 4.37. The molecule has 0 heterocycles. The highest BCUT2D eigenvalue weighted by molar-refractivity contribution is 5.27. The Morgan fingerprint density at radius 3 is 2.67 bits per heavy atom. The Bertz CT molecular complexity index is 579. The molecule has 0 radical (unpaired) electrons. The molecule has 2 aromatic carbocycles. The first-order valence-corrected chi connectivity index (χ1v) is 7.84. The maximum Gasteiger partial charge on any atom is 0.0248 e. The zero-order valence-corrected chi connectivity index (χ0v) is 12.6. The topological polar surface area (TPSA) is 38.0 Å². The fourth-order valence-electron chi connectivity index (χ4n) is 3.35. The van der Waals surface area contributed by atoms with Gasteiger partial charge in [-0.05, 0) is 49.1 Å². The van der Waals surface area contributed by atoms with Crippen molar-refractivity contribution in [3.8, 4) is 0 Å². The molecule has 1 fully saturated rings. The number of benzene rings is 2. The molecule has 0 aromatic heterocycles. The zero-order valence-electron chi connectivity index (χ0n) is 12.6. The molecule has 3 atom stereocenters. The number of hydrogen-bond donors (Lipinski definition) is 2. The van der Waals surface area contributed by atoms with Gasteiger partial charge in [0, 0.05) is 6.04 Å². The molecule has 3 unspecified atom stereocenters. The zero-order chi connectivity index (χ0) is 14.7. The lowest BCUT2D eigenvalue weighted by molar-refractivity contribution is 0.438. The van der Waals surface area contributed by atoms with E-state index in [0.29, 0.717) is 17.9 Å². The minimum atomic E-state index is 0.413. The van der Waals surface area contributed by atoms with Crippen LogP contribution < -0.4 is 11.3 Å². The minimum Gasteiger partial charge on any atom is -0.271 e. The van der Waals surface area contributed by atoms with Crippen LogP contribution in [0.5, 0.6) is 0 Å². The highest BCUT2D eigenvalue weighted by atomic mass is 15.2. The van der Waals surface area contributed by atoms with E-state index in [1.165, 1.54) is 23.1 Å². The first kappa shape index (κ1) is 14.3. The molecule has 3 N–H and O–H groups in total. The van der Waals surface area contributed by atoms with Gasteiger partial charge in [0.15, 0.2) is 0 Å². The van der Waals surface area contributed by atoms with Crippen LogP contribution in [0.1, 0.15) is 35.4 Å². The van der Waals surface area contributed by atoms with Crippen LogP contribution in [0, 0.1) is 12.8 Å². The van der Waals surface area contributed by atoms with E-state index in [2.05, 4.69) is 66.9 Å². The Hall–Kier alpha value is -1.64. The lowest BCUT2D eigenvalue weighted by atomic mass is 9.99. The van der Waals surface area contributed by atoms with Crippen LogP contribution in [0.4, 0.5) is 0 Å². The standard InChI is InChI=1S/C19H24N2/c1-14-6-5-7-15(12-14)10-11-19(21-20)18-13-17(18)16-8-3-2-4-9-16/h2-9,12,17-19,21H,10-11,13,20H2,1H3. The SMILES string of the molecule is Cc1cccc(CCC(NN)C2CC2c2ccccc2)c1. The maximum atomic E-state index is 5.80. The Morgan fingerprint density at radius 1 is 1.14 bits per heavy atom. The molecule has 0 aliphatic heterocycles. The van der Waals surface area contributed by atoms with Crippen LogP contribution in [0.25, 0.3) is 0 Å². The molecular formula is C19H24N2. The van der Waals surface area contributed by atoms with Crippen molar-refractivity contribution >= 4 is 0 Å². The average Bonchev–Trinajstić information content (AvgIpc) is 3.29. The van der Waals surface area contributed by atoms with Gasteiger partial charge < -0.3 is 0 Å². The van der Waals surface area contributed by atoms with Crippen molar-refractivity contribution in [2.75, 3.05) is 0 Å². The molecule has 1 aliphatic rings. The van der Waals surface area contributed by atoms with Gasteiger partial charge in [0.2, 0.25) is 0 Å². The van der Waals surface area contributed by atoms with Crippen molar-refractivity contribution in [3.63, 3.8) is 0 Å². The van der Waals surface area contributed by atoms with Gasteiger partial charge in [-0.1, -0.05) is 60.2 Å². The Labute approximate surface area is 127 Å². The summed E-state index contributed by atoms with van der Waals surface area (Å²) < 4.78 is 0. The monoisotopic (exact) mass is 280 g/mol. The van der Waals surface area contributed by atoms with E-state index in [-0.39, 0.29) is 0 Å². The molecule has 3 rings (SSSR count). The summed E-state index contributed by atoms with van der Waals surface area (Å²) in [6.07, 6.45) is 3.45. The lowest BCUT2D eigenvalue weighted by Crippen LogP contribution is -2.37. The molecule has 2 aromatic rings. The second-order valence-electron chi connectivity index (χ2n) is 6.22. The maximum absolute atomic E-state index is 5.80. The van der Waals surface area contributed by atoms with Gasteiger partial charge >= 0.3 is 0 Å². The summed E-state index contributed by atoms with van der Waals surface area (Å²) in [5, 5.41) is 0. The first-order chi connectivity index (χ1) is 10.3. The van der Waals surface area contributed by atoms with Crippen molar-refractivity contribution in [2.24, 2.45) is 11.8 Å². The average molecular weight is 280 g/mol. The molecule has 0 amide bonds. The van der Waals surface area contributed by atoms with E-state index >= 15 is 0 Å². The van der Waals surface area contributed by atoms with Crippen LogP contribution in [-0.2, 0) is 6.42 Å². The van der Waals surface area contributed by atoms with E-state index in [0.717, 1.165) is 12.8 Å². The summed E-state index contributed by atoms with van der Waals surface area (Å²) in [6.45, 7) is 2.15. The summed E-state index contributed by atoms with van der Waals surface area (Å²) in [6, 6.07) is 20.0. The predicted molar refractivity (Wildman–Crippen MR) is 87.9 cm³/mol. The van der Waals surface area contributed by atoms with Gasteiger partial charge in [-0.3, -0.25) is 11.3 Å². The number of aryl methyl sites for hydroxylation is 2. The van der Waals surface area contributed by atoms with Crippen LogP contribution >= 0.6 is 0 Å². The van der Waals surface area contributed by atoms with Gasteiger partial charge in [-0.15, -0.1) is 0 Å². The molecule has 1 aliphatic carbocycles. The third-order valence-corrected chi connectivity index (χ3v) is 4.62. The fraction of sp³-hybridized carbons (Fsp3) is 0.368. The number of nitrogens with one attached hydrogen (secondary N) is 1. The summed E-state index contributed by atoms with van der Waals surface area (Å²) in [4.78, 5) is 0. The van der Waals surface area contributed by atoms with E-state index in [9.17, 15) is 0 Å². The number of rotatable bonds is 6. The van der Waals surface area contributed by atoms with Crippen LogP contribution in [0.2, 0.25) is 0 Å². The highest BCUT2D eigenvalue weighted by Crippen LogP contribution is 2.50. The van der Waals surface area contributed by atoms with E-state index in [1.807, 2.05) is 0 Å². The molecule has 0 spiro atoms. The summed E-state index contributed by atoms with van der Waals surface area (Å²) >= 11 is 0. The van der Waals surface area contributed by atoms with Crippen LogP contribution in [-0.4, -0.2) is 6.04 Å². The second kappa shape index (κ2) is 6.42. The Morgan fingerprint density at radius 2 is 1.95 bits per heavy atom. The predicted octanol–water partition coefficient (Wildman–Crippen LogP) is 3.56. The van der Waals surface area contributed by atoms with Crippen LogP contribution in [0.3, 0.4) is 0 Å². The summed E-state index contributed by atoms with van der Waals surface area (Å²) in [7, 11) is 0. The van der Waals surface area contributed by atoms with Gasteiger partial charge in [0.25, 0.3) is 0 Å². The minimum absolute atomic E-state index is 0.413. The van der Waals surface area contributed by atoms with Gasteiger partial charge in [-0.25, -0.2) is 0 Å². The van der Waals surface area contributed by atoms with E-state index in [1.54, 1.807) is 0 Å². The molecule has 21 heavy (non-hydrogen) atoms. The van der Waals surface area contributed by atoms with E-state index < -0.39 is 0 Å². The molecule has 110 valence electrons. The molecule has 2 heteroatoms. The first-order valence-electron chi connectivity index (χ1n) is 7.84. The third-order valence-electron chi connectivity index (χ3n) is 4.62. The van der Waals surface area contributed by atoms with Gasteiger partial charge in [0.1, 0.15) is 0 Å². The number of hydrazine groups is 1. The molecule has 0 bridgehead atoms.